The van der Waals surface area contributed by atoms with E-state index in [9.17, 15) is 4.39 Å². The lowest BCUT2D eigenvalue weighted by Crippen LogP contribution is -2.29. The molecule has 1 aromatic heterocycles. The predicted octanol–water partition coefficient (Wildman–Crippen LogP) is 3.69. The Morgan fingerprint density at radius 1 is 1.33 bits per heavy atom. The van der Waals surface area contributed by atoms with Gasteiger partial charge < -0.3 is 4.42 Å². The molecule has 6 heteroatoms. The van der Waals surface area contributed by atoms with Crippen LogP contribution in [0, 0.1) is 5.82 Å². The van der Waals surface area contributed by atoms with Crippen molar-refractivity contribution in [2.45, 2.75) is 12.5 Å². The number of hydrogen-bond donors (Lipinski definition) is 2. The molecule has 0 aliphatic carbocycles. The van der Waals surface area contributed by atoms with Crippen molar-refractivity contribution in [1.29, 1.82) is 0 Å². The fourth-order valence-electron chi connectivity index (χ4n) is 1.72. The number of furan rings is 1. The monoisotopic (exact) mass is 376 g/mol. The van der Waals surface area contributed by atoms with E-state index in [0.717, 1.165) is 5.56 Å². The molecule has 0 fully saturated rings. The molecule has 2 aromatic rings. The molecule has 3 N–H and O–H groups in total. The third-order valence-corrected chi connectivity index (χ3v) is 3.80. The van der Waals surface area contributed by atoms with Crippen molar-refractivity contribution in [2.24, 2.45) is 5.84 Å². The SMILES string of the molecule is NNC(Cc1ccc(Br)cc1F)c1ccoc1Br. The van der Waals surface area contributed by atoms with Gasteiger partial charge in [-0.3, -0.25) is 11.3 Å². The van der Waals surface area contributed by atoms with Crippen molar-refractivity contribution in [3.8, 4) is 0 Å². The topological polar surface area (TPSA) is 51.2 Å². The molecule has 1 atom stereocenters. The van der Waals surface area contributed by atoms with Gasteiger partial charge in [0.05, 0.1) is 12.3 Å². The average Bonchev–Trinajstić information content (AvgIpc) is 2.75. The zero-order valence-corrected chi connectivity index (χ0v) is 12.5. The van der Waals surface area contributed by atoms with Gasteiger partial charge in [-0.2, -0.15) is 0 Å². The van der Waals surface area contributed by atoms with Gasteiger partial charge in [-0.25, -0.2) is 4.39 Å². The normalized spacial score (nSPS) is 12.7. The minimum atomic E-state index is -0.260. The number of hydrazine groups is 1. The van der Waals surface area contributed by atoms with Crippen molar-refractivity contribution in [2.75, 3.05) is 0 Å². The molecule has 0 saturated heterocycles. The maximum absolute atomic E-state index is 13.8. The van der Waals surface area contributed by atoms with Crippen LogP contribution in [0.4, 0.5) is 4.39 Å². The molecule has 18 heavy (non-hydrogen) atoms. The highest BCUT2D eigenvalue weighted by Crippen LogP contribution is 2.28. The summed E-state index contributed by atoms with van der Waals surface area (Å²) < 4.78 is 20.2. The van der Waals surface area contributed by atoms with Crippen molar-refractivity contribution in [3.63, 3.8) is 0 Å². The standard InChI is InChI=1S/C12H11Br2FN2O/c13-8-2-1-7(10(15)6-8)5-11(17-16)9-3-4-18-12(9)14/h1-4,6,11,17H,5,16H2. The summed E-state index contributed by atoms with van der Waals surface area (Å²) in [5.41, 5.74) is 4.12. The Labute approximate surface area is 121 Å². The Kier molecular flexibility index (Phi) is 4.55. The van der Waals surface area contributed by atoms with E-state index < -0.39 is 0 Å². The second-order valence-corrected chi connectivity index (χ2v) is 5.44. The summed E-state index contributed by atoms with van der Waals surface area (Å²) in [7, 11) is 0. The molecule has 0 aliphatic rings. The van der Waals surface area contributed by atoms with Crippen LogP contribution in [0.3, 0.4) is 0 Å². The van der Waals surface area contributed by atoms with E-state index >= 15 is 0 Å². The van der Waals surface area contributed by atoms with Gasteiger partial charge in [0, 0.05) is 10.0 Å². The maximum Gasteiger partial charge on any atom is 0.173 e. The Hall–Kier alpha value is -0.690. The third-order valence-electron chi connectivity index (χ3n) is 2.66. The van der Waals surface area contributed by atoms with Gasteiger partial charge in [0.1, 0.15) is 5.82 Å². The van der Waals surface area contributed by atoms with E-state index in [4.69, 9.17) is 10.3 Å². The number of hydrogen-bond acceptors (Lipinski definition) is 3. The second-order valence-electron chi connectivity index (χ2n) is 3.81. The summed E-state index contributed by atoms with van der Waals surface area (Å²) in [6, 6.07) is 6.56. The van der Waals surface area contributed by atoms with Gasteiger partial charge in [0.2, 0.25) is 0 Å². The van der Waals surface area contributed by atoms with Crippen LogP contribution < -0.4 is 11.3 Å². The highest BCUT2D eigenvalue weighted by Gasteiger charge is 2.17. The first-order valence-corrected chi connectivity index (χ1v) is 6.83. The number of nitrogens with two attached hydrogens (primary N) is 1. The van der Waals surface area contributed by atoms with E-state index in [1.54, 1.807) is 24.5 Å². The highest BCUT2D eigenvalue weighted by molar-refractivity contribution is 9.10. The van der Waals surface area contributed by atoms with Crippen LogP contribution in [0.5, 0.6) is 0 Å². The lowest BCUT2D eigenvalue weighted by molar-refractivity contribution is 0.499. The number of benzene rings is 1. The summed E-state index contributed by atoms with van der Waals surface area (Å²) in [5.74, 6) is 5.26. The van der Waals surface area contributed by atoms with Crippen LogP contribution in [0.25, 0.3) is 0 Å². The molecule has 0 amide bonds. The number of nitrogens with one attached hydrogen (secondary N) is 1. The average molecular weight is 378 g/mol. The molecule has 2 rings (SSSR count). The summed E-state index contributed by atoms with van der Waals surface area (Å²) in [6.07, 6.45) is 2.00. The molecule has 96 valence electrons. The highest BCUT2D eigenvalue weighted by atomic mass is 79.9. The van der Waals surface area contributed by atoms with Gasteiger partial charge >= 0.3 is 0 Å². The first-order chi connectivity index (χ1) is 8.61. The van der Waals surface area contributed by atoms with Gasteiger partial charge in [-0.15, -0.1) is 0 Å². The van der Waals surface area contributed by atoms with Crippen molar-refractivity contribution in [1.82, 2.24) is 5.43 Å². The van der Waals surface area contributed by atoms with Crippen LogP contribution in [0.15, 0.2) is 44.1 Å². The molecule has 0 bridgehead atoms. The summed E-state index contributed by atoms with van der Waals surface area (Å²) in [4.78, 5) is 0. The van der Waals surface area contributed by atoms with Crippen molar-refractivity contribution < 1.29 is 8.81 Å². The molecule has 0 aliphatic heterocycles. The maximum atomic E-state index is 13.8. The van der Waals surface area contributed by atoms with E-state index in [1.807, 2.05) is 0 Å². The quantitative estimate of drug-likeness (QED) is 0.631. The van der Waals surface area contributed by atoms with Crippen molar-refractivity contribution in [3.05, 3.63) is 56.6 Å². The molecule has 0 radical (unpaired) electrons. The smallest absolute Gasteiger partial charge is 0.173 e. The second kappa shape index (κ2) is 5.97. The van der Waals surface area contributed by atoms with Crippen LogP contribution >= 0.6 is 31.9 Å². The lowest BCUT2D eigenvalue weighted by atomic mass is 10.0. The summed E-state index contributed by atoms with van der Waals surface area (Å²) in [5, 5.41) is 0. The minimum absolute atomic E-state index is 0.214. The molecule has 0 spiro atoms. The summed E-state index contributed by atoms with van der Waals surface area (Å²) >= 11 is 6.51. The first-order valence-electron chi connectivity index (χ1n) is 5.24. The number of halogens is 3. The van der Waals surface area contributed by atoms with Gasteiger partial charge in [0.15, 0.2) is 4.67 Å². The molecule has 1 heterocycles. The largest absolute Gasteiger partial charge is 0.457 e. The number of rotatable bonds is 4. The summed E-state index contributed by atoms with van der Waals surface area (Å²) in [6.45, 7) is 0. The Morgan fingerprint density at radius 2 is 2.11 bits per heavy atom. The predicted molar refractivity (Wildman–Crippen MR) is 74.3 cm³/mol. The molecule has 1 aromatic carbocycles. The van der Waals surface area contributed by atoms with E-state index in [-0.39, 0.29) is 11.9 Å². The fraction of sp³-hybridized carbons (Fsp3) is 0.167. The molecular formula is C12H11Br2FN2O. The third kappa shape index (κ3) is 3.00. The van der Waals surface area contributed by atoms with E-state index in [2.05, 4.69) is 37.3 Å². The van der Waals surface area contributed by atoms with Gasteiger partial charge in [-0.05, 0) is 46.1 Å². The van der Waals surface area contributed by atoms with E-state index in [0.29, 0.717) is 21.1 Å². The Morgan fingerprint density at radius 3 is 2.67 bits per heavy atom. The fourth-order valence-corrected chi connectivity index (χ4v) is 2.57. The lowest BCUT2D eigenvalue weighted by Gasteiger charge is -2.15. The zero-order valence-electron chi connectivity index (χ0n) is 9.29. The van der Waals surface area contributed by atoms with E-state index in [1.165, 1.54) is 6.07 Å². The van der Waals surface area contributed by atoms with Crippen LogP contribution in [0.1, 0.15) is 17.2 Å². The Bertz CT molecular complexity index is 545. The molecule has 3 nitrogen and oxygen atoms in total. The molecule has 1 unspecified atom stereocenters. The molecular weight excluding hydrogens is 367 g/mol. The van der Waals surface area contributed by atoms with Gasteiger partial charge in [-0.1, -0.05) is 22.0 Å². The Balaban J connectivity index is 2.23. The minimum Gasteiger partial charge on any atom is -0.457 e. The van der Waals surface area contributed by atoms with Gasteiger partial charge in [0.25, 0.3) is 0 Å². The molecule has 0 saturated carbocycles. The van der Waals surface area contributed by atoms with Crippen LogP contribution in [0.2, 0.25) is 0 Å². The zero-order chi connectivity index (χ0) is 13.1. The van der Waals surface area contributed by atoms with Crippen LogP contribution in [-0.2, 0) is 6.42 Å². The first kappa shape index (κ1) is 13.7. The van der Waals surface area contributed by atoms with Crippen LogP contribution in [-0.4, -0.2) is 0 Å². The van der Waals surface area contributed by atoms with Crippen molar-refractivity contribution >= 4 is 31.9 Å².